The first kappa shape index (κ1) is 12.6. The SMILES string of the molecule is CCCc1cccc(C(=O)c2ccc(CC)o2)c1. The van der Waals surface area contributed by atoms with Crippen molar-refractivity contribution in [1.29, 1.82) is 0 Å². The van der Waals surface area contributed by atoms with Crippen LogP contribution in [0.2, 0.25) is 0 Å². The molecule has 94 valence electrons. The van der Waals surface area contributed by atoms with Crippen LogP contribution < -0.4 is 0 Å². The maximum atomic E-state index is 12.2. The highest BCUT2D eigenvalue weighted by Gasteiger charge is 2.13. The Labute approximate surface area is 108 Å². The zero-order valence-corrected chi connectivity index (χ0v) is 10.9. The maximum Gasteiger partial charge on any atom is 0.228 e. The van der Waals surface area contributed by atoms with Crippen molar-refractivity contribution in [3.63, 3.8) is 0 Å². The highest BCUT2D eigenvalue weighted by atomic mass is 16.3. The van der Waals surface area contributed by atoms with E-state index in [2.05, 4.69) is 13.0 Å². The fraction of sp³-hybridized carbons (Fsp3) is 0.312. The molecule has 1 aromatic heterocycles. The van der Waals surface area contributed by atoms with Crippen molar-refractivity contribution >= 4 is 5.78 Å². The van der Waals surface area contributed by atoms with Crippen LogP contribution in [-0.4, -0.2) is 5.78 Å². The van der Waals surface area contributed by atoms with Gasteiger partial charge in [-0.25, -0.2) is 0 Å². The van der Waals surface area contributed by atoms with E-state index in [-0.39, 0.29) is 5.78 Å². The Morgan fingerprint density at radius 2 is 2.00 bits per heavy atom. The van der Waals surface area contributed by atoms with Gasteiger partial charge in [0.2, 0.25) is 5.78 Å². The van der Waals surface area contributed by atoms with Gasteiger partial charge in [-0.05, 0) is 30.2 Å². The lowest BCUT2D eigenvalue weighted by Gasteiger charge is -2.02. The maximum absolute atomic E-state index is 12.2. The molecule has 0 unspecified atom stereocenters. The summed E-state index contributed by atoms with van der Waals surface area (Å²) in [7, 11) is 0. The predicted octanol–water partition coefficient (Wildman–Crippen LogP) is 4.03. The van der Waals surface area contributed by atoms with E-state index < -0.39 is 0 Å². The Kier molecular flexibility index (Phi) is 3.98. The van der Waals surface area contributed by atoms with Crippen molar-refractivity contribution < 1.29 is 9.21 Å². The van der Waals surface area contributed by atoms with E-state index in [0.717, 1.165) is 25.0 Å². The van der Waals surface area contributed by atoms with Crippen molar-refractivity contribution in [3.05, 3.63) is 59.0 Å². The van der Waals surface area contributed by atoms with Gasteiger partial charge in [-0.1, -0.05) is 38.5 Å². The first-order valence-electron chi connectivity index (χ1n) is 6.47. The van der Waals surface area contributed by atoms with Crippen LogP contribution in [0.25, 0.3) is 0 Å². The minimum absolute atomic E-state index is 0.0346. The number of furan rings is 1. The van der Waals surface area contributed by atoms with E-state index in [1.165, 1.54) is 5.56 Å². The van der Waals surface area contributed by atoms with Gasteiger partial charge >= 0.3 is 0 Å². The monoisotopic (exact) mass is 242 g/mol. The lowest BCUT2D eigenvalue weighted by atomic mass is 10.0. The van der Waals surface area contributed by atoms with Crippen LogP contribution in [0.4, 0.5) is 0 Å². The third-order valence-corrected chi connectivity index (χ3v) is 2.96. The molecule has 2 rings (SSSR count). The number of hydrogen-bond acceptors (Lipinski definition) is 2. The molecule has 0 N–H and O–H groups in total. The van der Waals surface area contributed by atoms with Gasteiger partial charge < -0.3 is 4.42 Å². The Balaban J connectivity index is 2.25. The summed E-state index contributed by atoms with van der Waals surface area (Å²) in [6, 6.07) is 11.4. The van der Waals surface area contributed by atoms with Gasteiger partial charge in [0.05, 0.1) is 0 Å². The van der Waals surface area contributed by atoms with Gasteiger partial charge in [-0.3, -0.25) is 4.79 Å². The zero-order valence-electron chi connectivity index (χ0n) is 10.9. The summed E-state index contributed by atoms with van der Waals surface area (Å²) < 4.78 is 5.50. The largest absolute Gasteiger partial charge is 0.458 e. The third-order valence-electron chi connectivity index (χ3n) is 2.96. The molecule has 0 aliphatic heterocycles. The first-order valence-corrected chi connectivity index (χ1v) is 6.47. The van der Waals surface area contributed by atoms with Crippen LogP contribution in [0, 0.1) is 0 Å². The van der Waals surface area contributed by atoms with Crippen LogP contribution in [0.1, 0.15) is 47.7 Å². The van der Waals surface area contributed by atoms with Gasteiger partial charge in [-0.2, -0.15) is 0 Å². The molecule has 0 saturated carbocycles. The van der Waals surface area contributed by atoms with Gasteiger partial charge in [0.15, 0.2) is 5.76 Å². The van der Waals surface area contributed by atoms with Crippen molar-refractivity contribution in [3.8, 4) is 0 Å². The van der Waals surface area contributed by atoms with Crippen LogP contribution in [0.3, 0.4) is 0 Å². The number of hydrogen-bond donors (Lipinski definition) is 0. The summed E-state index contributed by atoms with van der Waals surface area (Å²) in [6.07, 6.45) is 2.89. The number of carbonyl (C=O) groups is 1. The molecule has 2 heteroatoms. The first-order chi connectivity index (χ1) is 8.74. The molecule has 0 saturated heterocycles. The van der Waals surface area contributed by atoms with E-state index in [0.29, 0.717) is 11.3 Å². The number of ketones is 1. The summed E-state index contributed by atoms with van der Waals surface area (Å²) in [5, 5.41) is 0. The number of carbonyl (C=O) groups excluding carboxylic acids is 1. The van der Waals surface area contributed by atoms with E-state index >= 15 is 0 Å². The van der Waals surface area contributed by atoms with Crippen molar-refractivity contribution in [1.82, 2.24) is 0 Å². The fourth-order valence-electron chi connectivity index (χ4n) is 1.99. The highest BCUT2D eigenvalue weighted by molar-refractivity contribution is 6.07. The van der Waals surface area contributed by atoms with Gasteiger partial charge in [-0.15, -0.1) is 0 Å². The van der Waals surface area contributed by atoms with E-state index in [9.17, 15) is 4.79 Å². The molecule has 0 bridgehead atoms. The molecule has 0 spiro atoms. The van der Waals surface area contributed by atoms with Crippen LogP contribution in [0.5, 0.6) is 0 Å². The second-order valence-corrected chi connectivity index (χ2v) is 4.40. The van der Waals surface area contributed by atoms with E-state index in [4.69, 9.17) is 4.42 Å². The van der Waals surface area contributed by atoms with Crippen molar-refractivity contribution in [2.45, 2.75) is 33.1 Å². The fourth-order valence-corrected chi connectivity index (χ4v) is 1.99. The lowest BCUT2D eigenvalue weighted by molar-refractivity contribution is 0.101. The highest BCUT2D eigenvalue weighted by Crippen LogP contribution is 2.15. The molecule has 0 atom stereocenters. The van der Waals surface area contributed by atoms with Crippen molar-refractivity contribution in [2.24, 2.45) is 0 Å². The molecule has 0 aliphatic carbocycles. The van der Waals surface area contributed by atoms with Crippen LogP contribution in [-0.2, 0) is 12.8 Å². The molecular formula is C16H18O2. The minimum atomic E-state index is -0.0346. The van der Waals surface area contributed by atoms with Gasteiger partial charge in [0.1, 0.15) is 5.76 Å². The topological polar surface area (TPSA) is 30.2 Å². The zero-order chi connectivity index (χ0) is 13.0. The smallest absolute Gasteiger partial charge is 0.228 e. The molecule has 0 amide bonds. The summed E-state index contributed by atoms with van der Waals surface area (Å²) in [5.74, 6) is 1.25. The molecule has 1 aromatic carbocycles. The number of benzene rings is 1. The second-order valence-electron chi connectivity index (χ2n) is 4.40. The third kappa shape index (κ3) is 2.70. The summed E-state index contributed by atoms with van der Waals surface area (Å²) >= 11 is 0. The minimum Gasteiger partial charge on any atom is -0.458 e. The summed E-state index contributed by atoms with van der Waals surface area (Å²) in [4.78, 5) is 12.2. The predicted molar refractivity (Wildman–Crippen MR) is 72.0 cm³/mol. The van der Waals surface area contributed by atoms with E-state index in [1.807, 2.05) is 31.2 Å². The molecule has 0 fully saturated rings. The van der Waals surface area contributed by atoms with Gasteiger partial charge in [0.25, 0.3) is 0 Å². The van der Waals surface area contributed by atoms with Crippen molar-refractivity contribution in [2.75, 3.05) is 0 Å². The molecule has 18 heavy (non-hydrogen) atoms. The standard InChI is InChI=1S/C16H18O2/c1-3-6-12-7-5-8-13(11-12)16(17)15-10-9-14(4-2)18-15/h5,7-11H,3-4,6H2,1-2H3. The second kappa shape index (κ2) is 5.67. The molecule has 0 aliphatic rings. The lowest BCUT2D eigenvalue weighted by Crippen LogP contribution is -2.00. The van der Waals surface area contributed by atoms with Crippen LogP contribution in [0.15, 0.2) is 40.8 Å². The molecular weight excluding hydrogens is 224 g/mol. The van der Waals surface area contributed by atoms with Crippen LogP contribution >= 0.6 is 0 Å². The quantitative estimate of drug-likeness (QED) is 0.741. The normalized spacial score (nSPS) is 10.6. The molecule has 2 aromatic rings. The average molecular weight is 242 g/mol. The van der Waals surface area contributed by atoms with E-state index in [1.54, 1.807) is 6.07 Å². The molecule has 1 heterocycles. The number of rotatable bonds is 5. The molecule has 0 radical (unpaired) electrons. The summed E-state index contributed by atoms with van der Waals surface area (Å²) in [5.41, 5.74) is 1.91. The molecule has 2 nitrogen and oxygen atoms in total. The average Bonchev–Trinajstić information content (AvgIpc) is 2.87. The Morgan fingerprint density at radius 1 is 1.17 bits per heavy atom. The van der Waals surface area contributed by atoms with Gasteiger partial charge in [0, 0.05) is 12.0 Å². The summed E-state index contributed by atoms with van der Waals surface area (Å²) in [6.45, 7) is 4.14. The Bertz CT molecular complexity index is 538. The Hall–Kier alpha value is -1.83. The number of aryl methyl sites for hydroxylation is 2. The Morgan fingerprint density at radius 3 is 2.67 bits per heavy atom.